The van der Waals surface area contributed by atoms with Gasteiger partial charge in [0.25, 0.3) is 7.82 Å². The molecule has 426 valence electrons. The van der Waals surface area contributed by atoms with Gasteiger partial charge in [-0.2, -0.15) is 0 Å². The van der Waals surface area contributed by atoms with Gasteiger partial charge in [-0.1, -0.05) is 273 Å². The molecule has 0 aromatic carbocycles. The highest BCUT2D eigenvalue weighted by Crippen LogP contribution is 2.38. The molecule has 0 aromatic rings. The number of phosphoric ester groups is 1. The van der Waals surface area contributed by atoms with Gasteiger partial charge in [0, 0.05) is 6.42 Å². The zero-order valence-corrected chi connectivity index (χ0v) is 49.5. The molecule has 0 aliphatic carbocycles. The van der Waals surface area contributed by atoms with Crippen molar-refractivity contribution in [2.45, 2.75) is 289 Å². The first kappa shape index (κ1) is 70.9. The highest BCUT2D eigenvalue weighted by molar-refractivity contribution is 7.45. The van der Waals surface area contributed by atoms with E-state index in [2.05, 4.69) is 79.9 Å². The van der Waals surface area contributed by atoms with Gasteiger partial charge in [0.2, 0.25) is 5.91 Å². The van der Waals surface area contributed by atoms with Crippen molar-refractivity contribution in [3.63, 3.8) is 0 Å². The Bertz CT molecular complexity index is 1420. The van der Waals surface area contributed by atoms with E-state index in [4.69, 9.17) is 9.05 Å². The number of amides is 1. The average molecular weight is 1040 g/mol. The first-order valence-electron chi connectivity index (χ1n) is 30.8. The van der Waals surface area contributed by atoms with E-state index in [1.165, 1.54) is 180 Å². The maximum Gasteiger partial charge on any atom is 0.268 e. The van der Waals surface area contributed by atoms with E-state index in [1.54, 1.807) is 6.08 Å². The van der Waals surface area contributed by atoms with Gasteiger partial charge >= 0.3 is 0 Å². The smallest absolute Gasteiger partial charge is 0.268 e. The molecule has 0 bridgehead atoms. The highest BCUT2D eigenvalue weighted by Gasteiger charge is 2.23. The minimum absolute atomic E-state index is 0.0109. The first-order chi connectivity index (χ1) is 35.5. The molecular weight excluding hydrogens is 924 g/mol. The Balaban J connectivity index is 4.20. The third-order valence-corrected chi connectivity index (χ3v) is 14.6. The lowest BCUT2D eigenvalue weighted by Crippen LogP contribution is -2.45. The van der Waals surface area contributed by atoms with Gasteiger partial charge in [0.15, 0.2) is 0 Å². The van der Waals surface area contributed by atoms with E-state index in [0.717, 1.165) is 77.0 Å². The van der Waals surface area contributed by atoms with Crippen LogP contribution in [0, 0.1) is 0 Å². The molecule has 0 saturated carbocycles. The quantitative estimate of drug-likeness (QED) is 0.0272. The van der Waals surface area contributed by atoms with E-state index >= 15 is 0 Å². The van der Waals surface area contributed by atoms with E-state index in [1.807, 2.05) is 27.2 Å². The summed E-state index contributed by atoms with van der Waals surface area (Å²) < 4.78 is 23.4. The number of phosphoric acid groups is 1. The molecule has 3 atom stereocenters. The Kier molecular flexibility index (Phi) is 53.2. The van der Waals surface area contributed by atoms with Gasteiger partial charge < -0.3 is 28.8 Å². The number of allylic oxidation sites excluding steroid dienone is 11. The lowest BCUT2D eigenvalue weighted by atomic mass is 10.0. The number of nitrogens with one attached hydrogen (secondary N) is 1. The van der Waals surface area contributed by atoms with E-state index < -0.39 is 26.6 Å². The number of unbranched alkanes of at least 4 members (excludes halogenated alkanes) is 33. The summed E-state index contributed by atoms with van der Waals surface area (Å²) in [7, 11) is 1.23. The molecule has 0 radical (unpaired) electrons. The molecule has 0 aliphatic heterocycles. The molecule has 9 heteroatoms. The van der Waals surface area contributed by atoms with E-state index in [9.17, 15) is 19.4 Å². The molecule has 3 unspecified atom stereocenters. The summed E-state index contributed by atoms with van der Waals surface area (Å²) in [6.45, 7) is 4.53. The number of hydrogen-bond acceptors (Lipinski definition) is 6. The minimum Gasteiger partial charge on any atom is -0.756 e. The summed E-state index contributed by atoms with van der Waals surface area (Å²) in [6, 6.07) is -0.913. The maximum atomic E-state index is 13.0. The molecule has 0 saturated heterocycles. The van der Waals surface area contributed by atoms with E-state index in [-0.39, 0.29) is 12.5 Å². The Morgan fingerprint density at radius 2 is 0.849 bits per heavy atom. The minimum atomic E-state index is -4.61. The predicted molar refractivity (Wildman–Crippen MR) is 316 cm³/mol. The highest BCUT2D eigenvalue weighted by atomic mass is 31.2. The number of rotatable bonds is 56. The van der Waals surface area contributed by atoms with Gasteiger partial charge in [0.1, 0.15) is 13.2 Å². The Morgan fingerprint density at radius 1 is 0.493 bits per heavy atom. The van der Waals surface area contributed by atoms with Crippen molar-refractivity contribution in [1.29, 1.82) is 0 Å². The molecule has 1 amide bonds. The lowest BCUT2D eigenvalue weighted by Gasteiger charge is -2.29. The van der Waals surface area contributed by atoms with Crippen LogP contribution in [0.5, 0.6) is 0 Å². The predicted octanol–water partition coefficient (Wildman–Crippen LogP) is 18.4. The number of carbonyl (C=O) groups excluding carboxylic acids is 1. The van der Waals surface area contributed by atoms with Gasteiger partial charge in [-0.3, -0.25) is 9.36 Å². The molecule has 0 rings (SSSR count). The normalized spacial score (nSPS) is 14.3. The van der Waals surface area contributed by atoms with Crippen LogP contribution < -0.4 is 10.2 Å². The molecule has 0 spiro atoms. The van der Waals surface area contributed by atoms with Gasteiger partial charge in [-0.25, -0.2) is 0 Å². The van der Waals surface area contributed by atoms with Crippen LogP contribution in [0.25, 0.3) is 0 Å². The summed E-state index contributed by atoms with van der Waals surface area (Å²) in [5.74, 6) is -0.216. The molecular formula is C64H119N2O6P. The van der Waals surface area contributed by atoms with Crippen molar-refractivity contribution in [1.82, 2.24) is 5.32 Å². The van der Waals surface area contributed by atoms with Crippen LogP contribution in [-0.2, 0) is 18.4 Å². The monoisotopic (exact) mass is 1040 g/mol. The molecule has 0 fully saturated rings. The summed E-state index contributed by atoms with van der Waals surface area (Å²) in [5, 5.41) is 13.9. The number of quaternary nitrogens is 1. The van der Waals surface area contributed by atoms with Crippen LogP contribution in [0.15, 0.2) is 72.9 Å². The van der Waals surface area contributed by atoms with Crippen LogP contribution in [0.3, 0.4) is 0 Å². The van der Waals surface area contributed by atoms with Gasteiger partial charge in [-0.05, 0) is 70.6 Å². The second kappa shape index (κ2) is 54.7. The zero-order chi connectivity index (χ0) is 53.5. The summed E-state index contributed by atoms with van der Waals surface area (Å²) in [6.07, 6.45) is 75.7. The second-order valence-corrected chi connectivity index (χ2v) is 23.4. The number of aliphatic hydroxyl groups is 1. The Labute approximate surface area is 453 Å². The molecule has 0 aliphatic rings. The van der Waals surface area contributed by atoms with Crippen molar-refractivity contribution in [3.05, 3.63) is 72.9 Å². The summed E-state index contributed by atoms with van der Waals surface area (Å²) in [4.78, 5) is 25.5. The number of aliphatic hydroxyl groups excluding tert-OH is 1. The molecule has 0 aromatic heterocycles. The topological polar surface area (TPSA) is 108 Å². The Morgan fingerprint density at radius 3 is 1.27 bits per heavy atom. The SMILES string of the molecule is CC/C=C\C/C=C\C/C=C\C/C=C\CCCCCCCCCCC(=O)NC(COP(=O)([O-])OCC[N+](C)(C)C)C(O)/C=C/CC/C=C/CCCCCCCCCCCCCCCCCCCCCCCCCC. The maximum absolute atomic E-state index is 13.0. The third kappa shape index (κ3) is 57.5. The number of likely N-dealkylation sites (N-methyl/N-ethyl adjacent to an activating group) is 1. The lowest BCUT2D eigenvalue weighted by molar-refractivity contribution is -0.870. The number of carbonyl (C=O) groups is 1. The fraction of sp³-hybridized carbons (Fsp3) is 0.797. The fourth-order valence-corrected chi connectivity index (χ4v) is 9.59. The molecule has 8 nitrogen and oxygen atoms in total. The van der Waals surface area contributed by atoms with Crippen LogP contribution in [0.2, 0.25) is 0 Å². The second-order valence-electron chi connectivity index (χ2n) is 22.0. The standard InChI is InChI=1S/C64H119N2O6P/c1-6-8-10-12-14-16-18-20-22-24-26-28-29-30-31-32-33-34-35-36-38-39-41-43-45-47-49-51-53-55-57-63(67)62(61-72-73(69,70)71-60-59-66(3,4)5)65-64(68)58-56-54-52-50-48-46-44-42-40-37-27-25-23-21-19-17-15-13-11-9-7-2/h9,11,15,17,21,23,27,37,47,49,55,57,62-63,67H,6-8,10,12-14,16,18-20,22,24-26,28-36,38-46,48,50-54,56,58-61H2,1-5H3,(H-,65,68,69,70)/b11-9-,17-15-,23-21-,37-27-,49-47+,57-55+. The van der Waals surface area contributed by atoms with Crippen molar-refractivity contribution in [2.24, 2.45) is 0 Å². The first-order valence-corrected chi connectivity index (χ1v) is 32.3. The van der Waals surface area contributed by atoms with Gasteiger partial charge in [0.05, 0.1) is 39.9 Å². The summed E-state index contributed by atoms with van der Waals surface area (Å²) in [5.41, 5.74) is 0. The molecule has 73 heavy (non-hydrogen) atoms. The molecule has 2 N–H and O–H groups in total. The van der Waals surface area contributed by atoms with Crippen molar-refractivity contribution < 1.29 is 32.9 Å². The zero-order valence-electron chi connectivity index (χ0n) is 48.6. The van der Waals surface area contributed by atoms with Crippen LogP contribution >= 0.6 is 7.82 Å². The summed E-state index contributed by atoms with van der Waals surface area (Å²) >= 11 is 0. The number of nitrogens with zero attached hydrogens (tertiary/aromatic N) is 1. The fourth-order valence-electron chi connectivity index (χ4n) is 8.87. The van der Waals surface area contributed by atoms with Crippen molar-refractivity contribution in [2.75, 3.05) is 40.9 Å². The van der Waals surface area contributed by atoms with Crippen molar-refractivity contribution >= 4 is 13.7 Å². The van der Waals surface area contributed by atoms with Crippen LogP contribution in [-0.4, -0.2) is 68.5 Å². The van der Waals surface area contributed by atoms with Crippen LogP contribution in [0.4, 0.5) is 0 Å². The van der Waals surface area contributed by atoms with Crippen molar-refractivity contribution in [3.8, 4) is 0 Å². The third-order valence-electron chi connectivity index (χ3n) is 13.7. The van der Waals surface area contributed by atoms with Gasteiger partial charge in [-0.15, -0.1) is 0 Å². The Hall–Kier alpha value is -2.06. The number of hydrogen-bond donors (Lipinski definition) is 2. The van der Waals surface area contributed by atoms with Crippen LogP contribution in [0.1, 0.15) is 277 Å². The average Bonchev–Trinajstić information content (AvgIpc) is 3.35. The largest absolute Gasteiger partial charge is 0.756 e. The molecule has 0 heterocycles. The van der Waals surface area contributed by atoms with E-state index in [0.29, 0.717) is 17.4 Å².